The Morgan fingerprint density at radius 2 is 1.74 bits per heavy atom. The second-order valence-corrected chi connectivity index (χ2v) is 6.18. The van der Waals surface area contributed by atoms with Gasteiger partial charge in [-0.3, -0.25) is 4.90 Å². The Morgan fingerprint density at radius 1 is 1.00 bits per heavy atom. The van der Waals surface area contributed by atoms with Crippen LogP contribution in [0.15, 0.2) is 42.5 Å². The molecule has 1 saturated heterocycles. The van der Waals surface area contributed by atoms with Gasteiger partial charge >= 0.3 is 0 Å². The molecule has 1 unspecified atom stereocenters. The number of fused-ring (bicyclic) bond motifs is 3. The average molecular weight is 310 g/mol. The summed E-state index contributed by atoms with van der Waals surface area (Å²) in [5.74, 6) is 1.66. The van der Waals surface area contributed by atoms with Gasteiger partial charge in [-0.2, -0.15) is 0 Å². The smallest absolute Gasteiger partial charge is 0.161 e. The number of ether oxygens (including phenoxy) is 2. The molecule has 0 radical (unpaired) electrons. The molecular formula is C19H22N2O2. The minimum atomic E-state index is 0.429. The van der Waals surface area contributed by atoms with Gasteiger partial charge in [-0.15, -0.1) is 0 Å². The van der Waals surface area contributed by atoms with Crippen LogP contribution in [0, 0.1) is 0 Å². The van der Waals surface area contributed by atoms with Crippen LogP contribution in [-0.2, 0) is 6.42 Å². The minimum Gasteiger partial charge on any atom is -0.493 e. The molecule has 4 rings (SSSR count). The third-order valence-corrected chi connectivity index (χ3v) is 4.98. The van der Waals surface area contributed by atoms with Crippen LogP contribution in [0.2, 0.25) is 0 Å². The van der Waals surface area contributed by atoms with Crippen molar-refractivity contribution in [2.24, 2.45) is 0 Å². The molecule has 0 aliphatic carbocycles. The van der Waals surface area contributed by atoms with Gasteiger partial charge in [-0.25, -0.2) is 0 Å². The highest BCUT2D eigenvalue weighted by Gasteiger charge is 2.36. The standard InChI is InChI=1S/C19H22N2O2/c1-22-18-10-14-8-9-20-13-21(15-6-4-3-5-7-15)12-17(20)16(14)11-19(18)23-2/h3-7,10-11,17H,8-9,12-13H2,1-2H3. The molecule has 2 aliphatic heterocycles. The Labute approximate surface area is 137 Å². The van der Waals surface area contributed by atoms with Gasteiger partial charge in [0.15, 0.2) is 11.5 Å². The summed E-state index contributed by atoms with van der Waals surface area (Å²) in [7, 11) is 3.40. The van der Waals surface area contributed by atoms with Gasteiger partial charge in [0.25, 0.3) is 0 Å². The van der Waals surface area contributed by atoms with Crippen LogP contribution in [0.1, 0.15) is 17.2 Å². The molecule has 1 atom stereocenters. The molecule has 0 saturated carbocycles. The summed E-state index contributed by atoms with van der Waals surface area (Å²) < 4.78 is 11.0. The Morgan fingerprint density at radius 3 is 2.48 bits per heavy atom. The lowest BCUT2D eigenvalue weighted by Gasteiger charge is -2.31. The van der Waals surface area contributed by atoms with Crippen molar-refractivity contribution in [3.8, 4) is 11.5 Å². The van der Waals surface area contributed by atoms with Gasteiger partial charge in [0.05, 0.1) is 26.9 Å². The van der Waals surface area contributed by atoms with E-state index < -0.39 is 0 Å². The summed E-state index contributed by atoms with van der Waals surface area (Å²) in [5.41, 5.74) is 4.06. The van der Waals surface area contributed by atoms with Crippen molar-refractivity contribution in [2.75, 3.05) is 38.9 Å². The first-order valence-electron chi connectivity index (χ1n) is 8.09. The van der Waals surface area contributed by atoms with Crippen molar-refractivity contribution >= 4 is 5.69 Å². The molecule has 1 fully saturated rings. The van der Waals surface area contributed by atoms with Crippen molar-refractivity contribution in [3.63, 3.8) is 0 Å². The SMILES string of the molecule is COc1cc2c(cc1OC)C1CN(c3ccccc3)CN1CC2. The molecule has 4 nitrogen and oxygen atoms in total. The van der Waals surface area contributed by atoms with Gasteiger partial charge < -0.3 is 14.4 Å². The van der Waals surface area contributed by atoms with Crippen molar-refractivity contribution in [3.05, 3.63) is 53.6 Å². The quantitative estimate of drug-likeness (QED) is 0.870. The largest absolute Gasteiger partial charge is 0.493 e. The highest BCUT2D eigenvalue weighted by Crippen LogP contribution is 2.41. The zero-order chi connectivity index (χ0) is 15.8. The number of rotatable bonds is 3. The molecular weight excluding hydrogens is 288 g/mol. The summed E-state index contributed by atoms with van der Waals surface area (Å²) >= 11 is 0. The van der Waals surface area contributed by atoms with Crippen molar-refractivity contribution < 1.29 is 9.47 Å². The fourth-order valence-electron chi connectivity index (χ4n) is 3.77. The molecule has 0 aromatic heterocycles. The fraction of sp³-hybridized carbons (Fsp3) is 0.368. The first-order valence-corrected chi connectivity index (χ1v) is 8.09. The van der Waals surface area contributed by atoms with E-state index in [2.05, 4.69) is 52.3 Å². The molecule has 4 heteroatoms. The first kappa shape index (κ1) is 14.4. The van der Waals surface area contributed by atoms with Gasteiger partial charge in [-0.1, -0.05) is 18.2 Å². The summed E-state index contributed by atoms with van der Waals surface area (Å²) in [5, 5.41) is 0. The Kier molecular flexibility index (Phi) is 3.62. The number of hydrogen-bond acceptors (Lipinski definition) is 4. The number of para-hydroxylation sites is 1. The predicted molar refractivity (Wildman–Crippen MR) is 91.4 cm³/mol. The van der Waals surface area contributed by atoms with Crippen LogP contribution in [-0.4, -0.2) is 38.9 Å². The van der Waals surface area contributed by atoms with Crippen molar-refractivity contribution in [1.29, 1.82) is 0 Å². The lowest BCUT2D eigenvalue weighted by atomic mass is 9.93. The second kappa shape index (κ2) is 5.78. The zero-order valence-corrected chi connectivity index (χ0v) is 13.7. The average Bonchev–Trinajstić information content (AvgIpc) is 3.06. The van der Waals surface area contributed by atoms with E-state index in [4.69, 9.17) is 9.47 Å². The van der Waals surface area contributed by atoms with Crippen LogP contribution in [0.4, 0.5) is 5.69 Å². The van der Waals surface area contributed by atoms with Crippen LogP contribution in [0.3, 0.4) is 0 Å². The highest BCUT2D eigenvalue weighted by molar-refractivity contribution is 5.52. The minimum absolute atomic E-state index is 0.429. The first-order chi connectivity index (χ1) is 11.3. The lowest BCUT2D eigenvalue weighted by molar-refractivity contribution is 0.248. The van der Waals surface area contributed by atoms with E-state index in [1.165, 1.54) is 16.8 Å². The molecule has 2 aromatic carbocycles. The molecule has 0 spiro atoms. The molecule has 0 bridgehead atoms. The van der Waals surface area contributed by atoms with Crippen LogP contribution >= 0.6 is 0 Å². The van der Waals surface area contributed by atoms with E-state index in [0.29, 0.717) is 6.04 Å². The van der Waals surface area contributed by atoms with Crippen LogP contribution in [0.25, 0.3) is 0 Å². The van der Waals surface area contributed by atoms with Gasteiger partial charge in [0.2, 0.25) is 0 Å². The van der Waals surface area contributed by atoms with E-state index in [9.17, 15) is 0 Å². The third kappa shape index (κ3) is 2.43. The van der Waals surface area contributed by atoms with E-state index >= 15 is 0 Å². The predicted octanol–water partition coefficient (Wildman–Crippen LogP) is 3.08. The number of benzene rings is 2. The molecule has 2 aromatic rings. The van der Waals surface area contributed by atoms with Crippen molar-refractivity contribution in [1.82, 2.24) is 4.90 Å². The molecule has 0 N–H and O–H groups in total. The molecule has 2 aliphatic rings. The number of nitrogens with zero attached hydrogens (tertiary/aromatic N) is 2. The summed E-state index contributed by atoms with van der Waals surface area (Å²) in [6.45, 7) is 3.10. The maximum absolute atomic E-state index is 5.51. The van der Waals surface area contributed by atoms with Gasteiger partial charge in [-0.05, 0) is 41.8 Å². The topological polar surface area (TPSA) is 24.9 Å². The van der Waals surface area contributed by atoms with Gasteiger partial charge in [0.1, 0.15) is 0 Å². The van der Waals surface area contributed by atoms with Crippen LogP contribution in [0.5, 0.6) is 11.5 Å². The molecule has 23 heavy (non-hydrogen) atoms. The monoisotopic (exact) mass is 310 g/mol. The van der Waals surface area contributed by atoms with E-state index in [-0.39, 0.29) is 0 Å². The van der Waals surface area contributed by atoms with E-state index in [1.807, 2.05) is 0 Å². The Bertz CT molecular complexity index is 702. The Hall–Kier alpha value is -2.20. The number of anilines is 1. The normalized spacial score (nSPS) is 20.1. The highest BCUT2D eigenvalue weighted by atomic mass is 16.5. The van der Waals surface area contributed by atoms with Crippen molar-refractivity contribution in [2.45, 2.75) is 12.5 Å². The maximum Gasteiger partial charge on any atom is 0.161 e. The second-order valence-electron chi connectivity index (χ2n) is 6.18. The zero-order valence-electron chi connectivity index (χ0n) is 13.7. The lowest BCUT2D eigenvalue weighted by Crippen LogP contribution is -2.32. The summed E-state index contributed by atoms with van der Waals surface area (Å²) in [6.07, 6.45) is 1.06. The fourth-order valence-corrected chi connectivity index (χ4v) is 3.77. The molecule has 120 valence electrons. The third-order valence-electron chi connectivity index (χ3n) is 4.98. The summed E-state index contributed by atoms with van der Waals surface area (Å²) in [4.78, 5) is 5.01. The summed E-state index contributed by atoms with van der Waals surface area (Å²) in [6, 6.07) is 15.4. The van der Waals surface area contributed by atoms with E-state index in [0.717, 1.165) is 37.7 Å². The van der Waals surface area contributed by atoms with Crippen LogP contribution < -0.4 is 14.4 Å². The number of hydrogen-bond donors (Lipinski definition) is 0. The molecule has 2 heterocycles. The maximum atomic E-state index is 5.51. The molecule has 0 amide bonds. The van der Waals surface area contributed by atoms with E-state index in [1.54, 1.807) is 14.2 Å². The number of methoxy groups -OCH3 is 2. The van der Waals surface area contributed by atoms with Gasteiger partial charge in [0, 0.05) is 18.8 Å². The Balaban J connectivity index is 1.67.